The van der Waals surface area contributed by atoms with Gasteiger partial charge in [-0.2, -0.15) is 0 Å². The molecule has 0 saturated heterocycles. The first-order valence-electron chi connectivity index (χ1n) is 6.69. The highest BCUT2D eigenvalue weighted by Gasteiger charge is 2.28. The van der Waals surface area contributed by atoms with E-state index in [4.69, 9.17) is 0 Å². The van der Waals surface area contributed by atoms with Gasteiger partial charge < -0.3 is 0 Å². The number of rotatable bonds is 0. The summed E-state index contributed by atoms with van der Waals surface area (Å²) in [6.45, 7) is 3.80. The lowest BCUT2D eigenvalue weighted by Gasteiger charge is -2.19. The Morgan fingerprint density at radius 3 is 2.38 bits per heavy atom. The van der Waals surface area contributed by atoms with E-state index in [1.54, 1.807) is 0 Å². The van der Waals surface area contributed by atoms with E-state index in [2.05, 4.69) is 25.9 Å². The van der Waals surface area contributed by atoms with Crippen molar-refractivity contribution >= 4 is 32.5 Å². The number of halogens is 1. The van der Waals surface area contributed by atoms with Crippen molar-refractivity contribution in [3.63, 3.8) is 0 Å². The minimum absolute atomic E-state index is 0.0446. The monoisotopic (exact) mass is 338 g/mol. The standard InChI is InChI=1S/C17H11BrN2O/c1-8-9(2)20-16-15(19-8)11-6-7-13(18)10-4-3-5-12(14(10)11)17(16)21/h3-7H,1-2H3. The van der Waals surface area contributed by atoms with Gasteiger partial charge in [-0.15, -0.1) is 0 Å². The Balaban J connectivity index is 2.24. The molecule has 0 spiro atoms. The van der Waals surface area contributed by atoms with Gasteiger partial charge in [0.1, 0.15) is 11.4 Å². The van der Waals surface area contributed by atoms with E-state index < -0.39 is 0 Å². The summed E-state index contributed by atoms with van der Waals surface area (Å²) in [5.74, 6) is -0.0446. The molecule has 0 bridgehead atoms. The van der Waals surface area contributed by atoms with Crippen LogP contribution in [-0.4, -0.2) is 15.8 Å². The Morgan fingerprint density at radius 2 is 1.62 bits per heavy atom. The van der Waals surface area contributed by atoms with Gasteiger partial charge in [0.05, 0.1) is 11.4 Å². The van der Waals surface area contributed by atoms with Crippen molar-refractivity contribution in [3.05, 3.63) is 57.4 Å². The molecular formula is C17H11BrN2O. The molecule has 1 heterocycles. The molecule has 0 amide bonds. The molecule has 0 fully saturated rings. The predicted octanol–water partition coefficient (Wildman–Crippen LogP) is 4.22. The third-order valence-corrected chi connectivity index (χ3v) is 4.70. The van der Waals surface area contributed by atoms with Crippen molar-refractivity contribution in [1.82, 2.24) is 9.97 Å². The molecule has 0 saturated carbocycles. The predicted molar refractivity (Wildman–Crippen MR) is 85.6 cm³/mol. The van der Waals surface area contributed by atoms with Crippen molar-refractivity contribution in [3.8, 4) is 11.3 Å². The zero-order chi connectivity index (χ0) is 14.7. The molecule has 4 heteroatoms. The van der Waals surface area contributed by atoms with Gasteiger partial charge in [0.2, 0.25) is 5.78 Å². The largest absolute Gasteiger partial charge is 0.287 e. The van der Waals surface area contributed by atoms with Crippen LogP contribution in [-0.2, 0) is 0 Å². The van der Waals surface area contributed by atoms with E-state index in [0.717, 1.165) is 32.2 Å². The van der Waals surface area contributed by atoms with Crippen molar-refractivity contribution in [2.24, 2.45) is 0 Å². The SMILES string of the molecule is Cc1nc2c(nc1C)-c1ccc(Br)c3cccc(c13)C2=O. The first-order valence-corrected chi connectivity index (χ1v) is 7.49. The van der Waals surface area contributed by atoms with Gasteiger partial charge in [0.25, 0.3) is 0 Å². The Labute approximate surface area is 130 Å². The van der Waals surface area contributed by atoms with E-state index >= 15 is 0 Å². The maximum Gasteiger partial charge on any atom is 0.214 e. The minimum Gasteiger partial charge on any atom is -0.287 e. The zero-order valence-corrected chi connectivity index (χ0v) is 13.2. The molecule has 0 radical (unpaired) electrons. The summed E-state index contributed by atoms with van der Waals surface area (Å²) >= 11 is 3.56. The highest BCUT2D eigenvalue weighted by molar-refractivity contribution is 9.10. The molecule has 1 aromatic heterocycles. The number of hydrogen-bond donors (Lipinski definition) is 0. The summed E-state index contributed by atoms with van der Waals surface area (Å²) in [5.41, 5.74) is 4.49. The number of nitrogens with zero attached hydrogens (tertiary/aromatic N) is 2. The van der Waals surface area contributed by atoms with Crippen molar-refractivity contribution in [2.75, 3.05) is 0 Å². The summed E-state index contributed by atoms with van der Waals surface area (Å²) in [6, 6.07) is 9.78. The molecular weight excluding hydrogens is 328 g/mol. The Hall–Kier alpha value is -2.07. The summed E-state index contributed by atoms with van der Waals surface area (Å²) in [4.78, 5) is 21.8. The number of carbonyl (C=O) groups is 1. The number of carbonyl (C=O) groups excluding carboxylic acids is 1. The van der Waals surface area contributed by atoms with Gasteiger partial charge >= 0.3 is 0 Å². The molecule has 3 nitrogen and oxygen atoms in total. The van der Waals surface area contributed by atoms with Crippen LogP contribution >= 0.6 is 15.9 Å². The van der Waals surface area contributed by atoms with Gasteiger partial charge in [-0.05, 0) is 25.3 Å². The van der Waals surface area contributed by atoms with Crippen LogP contribution in [0.2, 0.25) is 0 Å². The van der Waals surface area contributed by atoms with Crippen LogP contribution in [0.15, 0.2) is 34.8 Å². The van der Waals surface area contributed by atoms with Crippen LogP contribution < -0.4 is 0 Å². The highest BCUT2D eigenvalue weighted by Crippen LogP contribution is 2.40. The molecule has 4 rings (SSSR count). The summed E-state index contributed by atoms with van der Waals surface area (Å²) in [5, 5.41) is 1.99. The lowest BCUT2D eigenvalue weighted by molar-refractivity contribution is 0.103. The summed E-state index contributed by atoms with van der Waals surface area (Å²) in [6.07, 6.45) is 0. The highest BCUT2D eigenvalue weighted by atomic mass is 79.9. The first kappa shape index (κ1) is 12.7. The van der Waals surface area contributed by atoms with Crippen molar-refractivity contribution in [1.29, 1.82) is 0 Å². The van der Waals surface area contributed by atoms with E-state index in [1.807, 2.05) is 44.2 Å². The van der Waals surface area contributed by atoms with Gasteiger partial charge in [-0.1, -0.05) is 40.2 Å². The average molecular weight is 339 g/mol. The zero-order valence-electron chi connectivity index (χ0n) is 11.6. The van der Waals surface area contributed by atoms with Crippen LogP contribution in [0.1, 0.15) is 27.4 Å². The molecule has 0 N–H and O–H groups in total. The molecule has 3 aromatic rings. The lowest BCUT2D eigenvalue weighted by Crippen LogP contribution is -2.15. The second kappa shape index (κ2) is 4.21. The van der Waals surface area contributed by atoms with Crippen LogP contribution in [0.3, 0.4) is 0 Å². The Morgan fingerprint density at radius 1 is 0.905 bits per heavy atom. The van der Waals surface area contributed by atoms with E-state index in [9.17, 15) is 4.79 Å². The molecule has 21 heavy (non-hydrogen) atoms. The molecule has 0 atom stereocenters. The fourth-order valence-corrected chi connectivity index (χ4v) is 3.30. The number of fused-ring (bicyclic) bond motifs is 2. The topological polar surface area (TPSA) is 42.9 Å². The molecule has 1 aliphatic rings. The van der Waals surface area contributed by atoms with Gasteiger partial charge in [-0.25, -0.2) is 9.97 Å². The summed E-state index contributed by atoms with van der Waals surface area (Å²) < 4.78 is 0.983. The fourth-order valence-electron chi connectivity index (χ4n) is 2.83. The second-order valence-electron chi connectivity index (χ2n) is 5.24. The molecule has 2 aromatic carbocycles. The Bertz CT molecular complexity index is 947. The maximum atomic E-state index is 12.8. The fraction of sp³-hybridized carbons (Fsp3) is 0.118. The molecule has 0 aliphatic heterocycles. The second-order valence-corrected chi connectivity index (χ2v) is 6.10. The van der Waals surface area contributed by atoms with E-state index in [-0.39, 0.29) is 5.78 Å². The van der Waals surface area contributed by atoms with E-state index in [0.29, 0.717) is 17.0 Å². The van der Waals surface area contributed by atoms with E-state index in [1.165, 1.54) is 0 Å². The normalized spacial score (nSPS) is 12.6. The van der Waals surface area contributed by atoms with Gasteiger partial charge in [-0.3, -0.25) is 4.79 Å². The number of ketones is 1. The van der Waals surface area contributed by atoms with Crippen LogP contribution in [0.25, 0.3) is 22.0 Å². The first-order chi connectivity index (χ1) is 10.1. The number of aryl methyl sites for hydroxylation is 2. The smallest absolute Gasteiger partial charge is 0.214 e. The van der Waals surface area contributed by atoms with Crippen LogP contribution in [0.4, 0.5) is 0 Å². The molecule has 1 aliphatic carbocycles. The van der Waals surface area contributed by atoms with Crippen molar-refractivity contribution in [2.45, 2.75) is 13.8 Å². The third-order valence-electron chi connectivity index (χ3n) is 4.01. The lowest BCUT2D eigenvalue weighted by atomic mass is 9.87. The van der Waals surface area contributed by atoms with Gasteiger partial charge in [0.15, 0.2) is 0 Å². The molecule has 102 valence electrons. The third kappa shape index (κ3) is 1.62. The number of benzene rings is 2. The molecule has 0 unspecified atom stereocenters. The average Bonchev–Trinajstić information content (AvgIpc) is 2.48. The summed E-state index contributed by atoms with van der Waals surface area (Å²) in [7, 11) is 0. The Kier molecular flexibility index (Phi) is 2.54. The van der Waals surface area contributed by atoms with Crippen LogP contribution in [0, 0.1) is 13.8 Å². The minimum atomic E-state index is -0.0446. The number of hydrogen-bond acceptors (Lipinski definition) is 3. The van der Waals surface area contributed by atoms with Crippen molar-refractivity contribution < 1.29 is 4.79 Å². The quantitative estimate of drug-likeness (QED) is 0.482. The van der Waals surface area contributed by atoms with Gasteiger partial charge in [0, 0.05) is 21.0 Å². The van der Waals surface area contributed by atoms with Crippen LogP contribution in [0.5, 0.6) is 0 Å². The maximum absolute atomic E-state index is 12.8. The number of aromatic nitrogens is 2.